The van der Waals surface area contributed by atoms with Gasteiger partial charge in [-0.3, -0.25) is 4.79 Å². The third-order valence-corrected chi connectivity index (χ3v) is 1.94. The smallest absolute Gasteiger partial charge is 0.341 e. The Labute approximate surface area is 98.7 Å². The highest BCUT2D eigenvalue weighted by Gasteiger charge is 2.17. The maximum Gasteiger partial charge on any atom is 0.341 e. The molecule has 1 heterocycles. The number of furan rings is 1. The molecule has 92 valence electrons. The van der Waals surface area contributed by atoms with Crippen molar-refractivity contribution in [3.05, 3.63) is 29.2 Å². The van der Waals surface area contributed by atoms with Crippen molar-refractivity contribution >= 4 is 18.3 Å². The first kappa shape index (κ1) is 13.2. The summed E-state index contributed by atoms with van der Waals surface area (Å²) in [6.07, 6.45) is 3.37. The molecule has 0 amide bonds. The molecule has 0 saturated carbocycles. The minimum Gasteiger partial charge on any atom is -0.465 e. The number of rotatable bonds is 4. The summed E-state index contributed by atoms with van der Waals surface area (Å²) in [6, 6.07) is 1.29. The minimum absolute atomic E-state index is 0.0285. The lowest BCUT2D eigenvalue weighted by Crippen LogP contribution is -2.13. The van der Waals surface area contributed by atoms with Crippen LogP contribution < -0.4 is 0 Å². The van der Waals surface area contributed by atoms with Crippen molar-refractivity contribution in [2.24, 2.45) is 0 Å². The zero-order valence-electron chi connectivity index (χ0n) is 9.89. The van der Waals surface area contributed by atoms with E-state index < -0.39 is 11.6 Å². The van der Waals surface area contributed by atoms with Gasteiger partial charge in [-0.2, -0.15) is 0 Å². The number of hydrogen-bond acceptors (Lipinski definition) is 5. The van der Waals surface area contributed by atoms with Gasteiger partial charge in [0.15, 0.2) is 12.0 Å². The van der Waals surface area contributed by atoms with Crippen LogP contribution in [0.4, 0.5) is 0 Å². The van der Waals surface area contributed by atoms with Crippen LogP contribution >= 0.6 is 0 Å². The summed E-state index contributed by atoms with van der Waals surface area (Å²) in [7, 11) is 1.24. The Bertz CT molecular complexity index is 448. The fourth-order valence-electron chi connectivity index (χ4n) is 1.16. The molecule has 0 spiro atoms. The third kappa shape index (κ3) is 3.57. The van der Waals surface area contributed by atoms with Gasteiger partial charge in [-0.25, -0.2) is 4.79 Å². The first-order valence-corrected chi connectivity index (χ1v) is 4.96. The van der Waals surface area contributed by atoms with E-state index in [4.69, 9.17) is 4.42 Å². The molecule has 5 heteroatoms. The second-order valence-electron chi connectivity index (χ2n) is 4.02. The SMILES string of the molecule is COC(=O)c1cc(C=O)oc1/C=C/C(C)(C)O. The molecule has 1 N–H and O–H groups in total. The molecule has 0 aliphatic rings. The summed E-state index contributed by atoms with van der Waals surface area (Å²) >= 11 is 0. The summed E-state index contributed by atoms with van der Waals surface area (Å²) in [5, 5.41) is 9.52. The first-order valence-electron chi connectivity index (χ1n) is 4.96. The summed E-state index contributed by atoms with van der Waals surface area (Å²) in [5.74, 6) is -0.390. The summed E-state index contributed by atoms with van der Waals surface area (Å²) < 4.78 is 9.67. The Morgan fingerprint density at radius 2 is 2.18 bits per heavy atom. The van der Waals surface area contributed by atoms with E-state index in [1.54, 1.807) is 13.8 Å². The number of esters is 1. The molecule has 1 aromatic heterocycles. The lowest BCUT2D eigenvalue weighted by Gasteiger charge is -2.09. The van der Waals surface area contributed by atoms with Gasteiger partial charge in [0.05, 0.1) is 12.7 Å². The quantitative estimate of drug-likeness (QED) is 0.637. The van der Waals surface area contributed by atoms with Crippen molar-refractivity contribution in [3.8, 4) is 0 Å². The van der Waals surface area contributed by atoms with Crippen LogP contribution in [-0.4, -0.2) is 30.1 Å². The number of carbonyl (C=O) groups excluding carboxylic acids is 2. The molecule has 5 nitrogen and oxygen atoms in total. The summed E-state index contributed by atoms with van der Waals surface area (Å²) in [4.78, 5) is 22.0. The zero-order valence-corrected chi connectivity index (χ0v) is 9.89. The Morgan fingerprint density at radius 1 is 1.53 bits per heavy atom. The van der Waals surface area contributed by atoms with Crippen LogP contribution in [0.25, 0.3) is 6.08 Å². The number of aliphatic hydroxyl groups is 1. The molecule has 1 aromatic rings. The Morgan fingerprint density at radius 3 is 2.65 bits per heavy atom. The molecule has 1 rings (SSSR count). The van der Waals surface area contributed by atoms with Gasteiger partial charge >= 0.3 is 5.97 Å². The molecule has 0 aliphatic carbocycles. The Kier molecular flexibility index (Phi) is 3.85. The molecule has 17 heavy (non-hydrogen) atoms. The molecular formula is C12H14O5. The predicted molar refractivity (Wildman–Crippen MR) is 60.8 cm³/mol. The van der Waals surface area contributed by atoms with E-state index >= 15 is 0 Å². The largest absolute Gasteiger partial charge is 0.465 e. The van der Waals surface area contributed by atoms with Crippen LogP contribution in [0.15, 0.2) is 16.6 Å². The average molecular weight is 238 g/mol. The van der Waals surface area contributed by atoms with E-state index in [-0.39, 0.29) is 17.1 Å². The van der Waals surface area contributed by atoms with Crippen LogP contribution in [0, 0.1) is 0 Å². The molecule has 0 unspecified atom stereocenters. The van der Waals surface area contributed by atoms with Crippen molar-refractivity contribution in [2.45, 2.75) is 19.4 Å². The molecule has 0 bridgehead atoms. The topological polar surface area (TPSA) is 76.7 Å². The Hall–Kier alpha value is -1.88. The highest BCUT2D eigenvalue weighted by Crippen LogP contribution is 2.18. The lowest BCUT2D eigenvalue weighted by atomic mass is 10.1. The molecule has 0 atom stereocenters. The molecular weight excluding hydrogens is 224 g/mol. The van der Waals surface area contributed by atoms with Crippen LogP contribution in [0.5, 0.6) is 0 Å². The van der Waals surface area contributed by atoms with E-state index in [9.17, 15) is 14.7 Å². The van der Waals surface area contributed by atoms with Crippen molar-refractivity contribution in [1.29, 1.82) is 0 Å². The van der Waals surface area contributed by atoms with Crippen molar-refractivity contribution < 1.29 is 23.8 Å². The van der Waals surface area contributed by atoms with Crippen LogP contribution in [0.1, 0.15) is 40.5 Å². The van der Waals surface area contributed by atoms with Gasteiger partial charge in [0, 0.05) is 6.07 Å². The monoisotopic (exact) mass is 238 g/mol. The molecule has 0 aromatic carbocycles. The molecule has 0 radical (unpaired) electrons. The second-order valence-corrected chi connectivity index (χ2v) is 4.02. The number of ether oxygens (including phenoxy) is 1. The van der Waals surface area contributed by atoms with E-state index in [0.717, 1.165) is 0 Å². The average Bonchev–Trinajstić information content (AvgIpc) is 2.67. The normalized spacial score (nSPS) is 11.8. The van der Waals surface area contributed by atoms with Gasteiger partial charge < -0.3 is 14.3 Å². The molecule has 0 saturated heterocycles. The van der Waals surface area contributed by atoms with Crippen molar-refractivity contribution in [2.75, 3.05) is 7.11 Å². The van der Waals surface area contributed by atoms with Crippen molar-refractivity contribution in [3.63, 3.8) is 0 Å². The number of hydrogen-bond donors (Lipinski definition) is 1. The van der Waals surface area contributed by atoms with E-state index in [0.29, 0.717) is 6.29 Å². The van der Waals surface area contributed by atoms with Crippen molar-refractivity contribution in [1.82, 2.24) is 0 Å². The zero-order chi connectivity index (χ0) is 13.1. The number of carbonyl (C=O) groups is 2. The Balaban J connectivity index is 3.13. The fourth-order valence-corrected chi connectivity index (χ4v) is 1.16. The molecule has 0 aliphatic heterocycles. The summed E-state index contributed by atoms with van der Waals surface area (Å²) in [5.41, 5.74) is -0.892. The number of aldehydes is 1. The highest BCUT2D eigenvalue weighted by atomic mass is 16.5. The predicted octanol–water partition coefficient (Wildman–Crippen LogP) is 1.66. The van der Waals surface area contributed by atoms with Gasteiger partial charge in [-0.15, -0.1) is 0 Å². The third-order valence-electron chi connectivity index (χ3n) is 1.94. The first-order chi connectivity index (χ1) is 7.87. The van der Waals surface area contributed by atoms with Gasteiger partial charge in [0.25, 0.3) is 0 Å². The minimum atomic E-state index is -1.04. The van der Waals surface area contributed by atoms with Crippen LogP contribution in [0.3, 0.4) is 0 Å². The van der Waals surface area contributed by atoms with Gasteiger partial charge in [0.1, 0.15) is 11.3 Å². The van der Waals surface area contributed by atoms with Gasteiger partial charge in [-0.05, 0) is 26.0 Å². The van der Waals surface area contributed by atoms with Gasteiger partial charge in [-0.1, -0.05) is 0 Å². The standard InChI is InChI=1S/C12H14O5/c1-12(2,15)5-4-10-9(11(14)16-3)6-8(7-13)17-10/h4-7,15H,1-3H3/b5-4+. The maximum absolute atomic E-state index is 11.4. The van der Waals surface area contributed by atoms with Crippen LogP contribution in [-0.2, 0) is 4.74 Å². The fraction of sp³-hybridized carbons (Fsp3) is 0.333. The summed E-state index contributed by atoms with van der Waals surface area (Å²) in [6.45, 7) is 3.15. The van der Waals surface area contributed by atoms with E-state index in [2.05, 4.69) is 4.74 Å². The maximum atomic E-state index is 11.4. The van der Waals surface area contributed by atoms with Crippen LogP contribution in [0.2, 0.25) is 0 Å². The lowest BCUT2D eigenvalue weighted by molar-refractivity contribution is 0.0599. The molecule has 0 fully saturated rings. The van der Waals surface area contributed by atoms with Gasteiger partial charge in [0.2, 0.25) is 0 Å². The highest BCUT2D eigenvalue weighted by molar-refractivity contribution is 5.94. The van der Waals surface area contributed by atoms with E-state index in [1.807, 2.05) is 0 Å². The number of methoxy groups -OCH3 is 1. The van der Waals surface area contributed by atoms with E-state index in [1.165, 1.54) is 25.3 Å². The second kappa shape index (κ2) is 4.97.